The smallest absolute Gasteiger partial charge is 0.121 e. The van der Waals surface area contributed by atoms with Gasteiger partial charge in [0.05, 0.1) is 5.75 Å². The molecule has 3 unspecified atom stereocenters. The first-order chi connectivity index (χ1) is 11.6. The van der Waals surface area contributed by atoms with Crippen molar-refractivity contribution in [2.45, 2.75) is 62.1 Å². The average molecular weight is 350 g/mol. The zero-order chi connectivity index (χ0) is 16.9. The lowest BCUT2D eigenvalue weighted by molar-refractivity contribution is -0.430. The molecule has 1 saturated carbocycles. The maximum atomic E-state index is 10.6. The summed E-state index contributed by atoms with van der Waals surface area (Å²) < 4.78 is 0. The van der Waals surface area contributed by atoms with E-state index in [0.29, 0.717) is 6.04 Å². The van der Waals surface area contributed by atoms with Crippen molar-refractivity contribution >= 4 is 11.8 Å². The summed E-state index contributed by atoms with van der Waals surface area (Å²) in [5, 5.41) is 10.6. The zero-order valence-electron chi connectivity index (χ0n) is 14.9. The van der Waals surface area contributed by atoms with E-state index in [4.69, 9.17) is 0 Å². The van der Waals surface area contributed by atoms with E-state index in [-0.39, 0.29) is 12.1 Å². The number of hydrogen-bond acceptors (Lipinski definition) is 3. The third-order valence-corrected chi connectivity index (χ3v) is 7.18. The molecule has 0 spiro atoms. The highest BCUT2D eigenvalue weighted by atomic mass is 32.2. The lowest BCUT2D eigenvalue weighted by atomic mass is 9.73. The van der Waals surface area contributed by atoms with Gasteiger partial charge in [-0.1, -0.05) is 37.5 Å². The number of thioether (sulfide) groups is 1. The molecule has 5 atom stereocenters. The van der Waals surface area contributed by atoms with Gasteiger partial charge in [-0.3, -0.25) is 4.90 Å². The molecular weight excluding hydrogens is 316 g/mol. The molecule has 1 aromatic carbocycles. The van der Waals surface area contributed by atoms with Crippen LogP contribution in [0.15, 0.2) is 35.2 Å². The van der Waals surface area contributed by atoms with Crippen LogP contribution < -0.4 is 5.73 Å². The Morgan fingerprint density at radius 1 is 1.21 bits per heavy atom. The number of nitrogens with zero attached hydrogens (tertiary/aromatic N) is 1. The molecule has 4 heteroatoms. The van der Waals surface area contributed by atoms with Gasteiger partial charge in [0.2, 0.25) is 0 Å². The Labute approximate surface area is 151 Å². The largest absolute Gasteiger partial charge is 0.386 e. The maximum Gasteiger partial charge on any atom is 0.121 e. The van der Waals surface area contributed by atoms with Gasteiger partial charge in [0.25, 0.3) is 0 Å². The Bertz CT molecular complexity index is 498. The van der Waals surface area contributed by atoms with Crippen LogP contribution in [-0.4, -0.2) is 47.0 Å². The van der Waals surface area contributed by atoms with Crippen LogP contribution in [-0.2, 0) is 0 Å². The number of aliphatic hydroxyl groups excluding tert-OH is 1. The molecule has 24 heavy (non-hydrogen) atoms. The van der Waals surface area contributed by atoms with E-state index in [1.165, 1.54) is 43.5 Å². The number of rotatable bonds is 6. The van der Waals surface area contributed by atoms with Gasteiger partial charge < -0.3 is 10.8 Å². The summed E-state index contributed by atoms with van der Waals surface area (Å²) in [5.41, 5.74) is 4.23. The van der Waals surface area contributed by atoms with Gasteiger partial charge in [-0.05, 0) is 43.7 Å². The molecule has 0 amide bonds. The molecule has 0 aromatic heterocycles. The second kappa shape index (κ2) is 8.70. The molecule has 1 heterocycles. The summed E-state index contributed by atoms with van der Waals surface area (Å²) in [7, 11) is 0. The number of β-amino-alcohol motifs (C(OH)–C–C–N with tert-alkyl or cyclic N) is 1. The van der Waals surface area contributed by atoms with Crippen molar-refractivity contribution < 1.29 is 10.8 Å². The van der Waals surface area contributed by atoms with Crippen LogP contribution in [0, 0.1) is 11.8 Å². The summed E-state index contributed by atoms with van der Waals surface area (Å²) >= 11 is 1.80. The number of fused-ring (bicyclic) bond motifs is 1. The fourth-order valence-electron chi connectivity index (χ4n) is 4.38. The molecule has 1 saturated heterocycles. The monoisotopic (exact) mass is 349 g/mol. The first-order valence-electron chi connectivity index (χ1n) is 9.56. The predicted molar refractivity (Wildman–Crippen MR) is 101 cm³/mol. The second-order valence-corrected chi connectivity index (χ2v) is 8.89. The first kappa shape index (κ1) is 18.2. The number of benzene rings is 1. The lowest BCUT2D eigenvalue weighted by Gasteiger charge is -2.45. The Hall–Kier alpha value is -0.550. The summed E-state index contributed by atoms with van der Waals surface area (Å²) in [6.45, 7) is 4.31. The molecular formula is C20H33N2OS+. The van der Waals surface area contributed by atoms with E-state index < -0.39 is 0 Å². The first-order valence-corrected chi connectivity index (χ1v) is 10.5. The summed E-state index contributed by atoms with van der Waals surface area (Å²) in [5.74, 6) is 2.68. The molecule has 3 rings (SSSR count). The maximum absolute atomic E-state index is 10.6. The molecule has 2 aliphatic rings. The quantitative estimate of drug-likeness (QED) is 0.776. The fourth-order valence-corrected chi connectivity index (χ4v) is 5.36. The molecule has 2 fully saturated rings. The highest BCUT2D eigenvalue weighted by Crippen LogP contribution is 2.38. The third kappa shape index (κ3) is 4.75. The number of aliphatic hydroxyl groups is 1. The number of piperidine rings is 1. The summed E-state index contributed by atoms with van der Waals surface area (Å²) in [6, 6.07) is 11.1. The van der Waals surface area contributed by atoms with Gasteiger partial charge in [0.1, 0.15) is 12.1 Å². The van der Waals surface area contributed by atoms with Crippen LogP contribution in [0.2, 0.25) is 0 Å². The molecule has 0 bridgehead atoms. The van der Waals surface area contributed by atoms with E-state index >= 15 is 0 Å². The van der Waals surface area contributed by atoms with Crippen LogP contribution in [0.25, 0.3) is 0 Å². The van der Waals surface area contributed by atoms with Crippen LogP contribution in [0.3, 0.4) is 0 Å². The minimum absolute atomic E-state index is 0.0754. The van der Waals surface area contributed by atoms with Crippen LogP contribution in [0.4, 0.5) is 0 Å². The topological polar surface area (TPSA) is 51.1 Å². The van der Waals surface area contributed by atoms with E-state index in [0.717, 1.165) is 24.1 Å². The van der Waals surface area contributed by atoms with Crippen molar-refractivity contribution in [2.24, 2.45) is 11.8 Å². The van der Waals surface area contributed by atoms with Crippen LogP contribution in [0.1, 0.15) is 39.0 Å². The minimum Gasteiger partial charge on any atom is -0.386 e. The standard InChI is InChI=1S/C20H32N2OS/c1-15-11-16-7-5-6-8-17(16)12-22(15)13-20(23)19(21)14-24-18-9-3-2-4-10-18/h2-4,9-10,15-17,19-20,23H,5-8,11-14,21H2,1H3/p+1/t15-,16?,17?,19+,20?/m1/s1. The third-order valence-electron chi connectivity index (χ3n) is 5.98. The number of likely N-dealkylation sites (tertiary alicyclic amines) is 1. The Kier molecular flexibility index (Phi) is 6.62. The lowest BCUT2D eigenvalue weighted by Crippen LogP contribution is -2.69. The normalized spacial score (nSPS) is 30.5. The molecule has 134 valence electrons. The van der Waals surface area contributed by atoms with E-state index in [2.05, 4.69) is 41.8 Å². The van der Waals surface area contributed by atoms with Gasteiger partial charge in [-0.2, -0.15) is 0 Å². The number of quaternary nitrogens is 1. The van der Waals surface area contributed by atoms with Crippen molar-refractivity contribution in [1.29, 1.82) is 0 Å². The Morgan fingerprint density at radius 2 is 1.92 bits per heavy atom. The van der Waals surface area contributed by atoms with Crippen LogP contribution in [0.5, 0.6) is 0 Å². The molecule has 1 aliphatic heterocycles. The van der Waals surface area contributed by atoms with Gasteiger partial charge in [0.15, 0.2) is 0 Å². The van der Waals surface area contributed by atoms with Crippen LogP contribution >= 0.6 is 11.8 Å². The highest BCUT2D eigenvalue weighted by molar-refractivity contribution is 7.99. The molecule has 3 nitrogen and oxygen atoms in total. The predicted octanol–water partition coefficient (Wildman–Crippen LogP) is 2.65. The molecule has 1 aliphatic carbocycles. The summed E-state index contributed by atoms with van der Waals surface area (Å²) in [4.78, 5) is 3.79. The van der Waals surface area contributed by atoms with Crippen molar-refractivity contribution in [3.63, 3.8) is 0 Å². The van der Waals surface area contributed by atoms with Gasteiger partial charge in [-0.15, -0.1) is 11.8 Å². The summed E-state index contributed by atoms with van der Waals surface area (Å²) in [6.07, 6.45) is 6.63. The van der Waals surface area contributed by atoms with E-state index in [1.807, 2.05) is 6.07 Å². The van der Waals surface area contributed by atoms with Crippen molar-refractivity contribution in [2.75, 3.05) is 18.8 Å². The highest BCUT2D eigenvalue weighted by Gasteiger charge is 2.36. The molecule has 4 N–H and O–H groups in total. The van der Waals surface area contributed by atoms with E-state index in [1.54, 1.807) is 11.8 Å². The fraction of sp³-hybridized carbons (Fsp3) is 0.700. The Balaban J connectivity index is 1.47. The number of hydrogen-bond donors (Lipinski definition) is 2. The zero-order valence-corrected chi connectivity index (χ0v) is 15.8. The molecule has 1 aromatic rings. The van der Waals surface area contributed by atoms with Gasteiger partial charge in [-0.25, -0.2) is 0 Å². The van der Waals surface area contributed by atoms with Gasteiger partial charge >= 0.3 is 0 Å². The average Bonchev–Trinajstić information content (AvgIpc) is 2.61. The SMILES string of the molecule is C[C@@H]1CC2CCCCC2CN1CC(O)[C@@H]([NH3+])CSc1ccccc1. The second-order valence-electron chi connectivity index (χ2n) is 7.79. The van der Waals surface area contributed by atoms with Gasteiger partial charge in [0, 0.05) is 24.0 Å². The minimum atomic E-state index is -0.330. The molecule has 0 radical (unpaired) electrons. The van der Waals surface area contributed by atoms with Crippen molar-refractivity contribution in [3.8, 4) is 0 Å². The van der Waals surface area contributed by atoms with Crippen molar-refractivity contribution in [1.82, 2.24) is 4.90 Å². The Morgan fingerprint density at radius 3 is 2.67 bits per heavy atom. The van der Waals surface area contributed by atoms with Crippen molar-refractivity contribution in [3.05, 3.63) is 30.3 Å². The van der Waals surface area contributed by atoms with E-state index in [9.17, 15) is 5.11 Å².